The lowest BCUT2D eigenvalue weighted by molar-refractivity contribution is -0.129. The number of carbonyl (C=O) groups is 3. The highest BCUT2D eigenvalue weighted by atomic mass is 16.5. The number of hydrogen-bond acceptors (Lipinski definition) is 5. The summed E-state index contributed by atoms with van der Waals surface area (Å²) in [5.41, 5.74) is 7.90. The zero-order valence-electron chi connectivity index (χ0n) is 16.6. The van der Waals surface area contributed by atoms with E-state index in [-0.39, 0.29) is 29.7 Å². The lowest BCUT2D eigenvalue weighted by atomic mass is 9.96. The number of benzene rings is 1. The van der Waals surface area contributed by atoms with E-state index in [1.54, 1.807) is 24.8 Å². The number of amides is 1. The number of nitrogens with one attached hydrogen (secondary N) is 1. The van der Waals surface area contributed by atoms with Crippen LogP contribution in [0, 0.1) is 0 Å². The van der Waals surface area contributed by atoms with Crippen molar-refractivity contribution in [2.75, 3.05) is 13.2 Å². The van der Waals surface area contributed by atoms with E-state index in [0.717, 1.165) is 5.56 Å². The van der Waals surface area contributed by atoms with Gasteiger partial charge in [0, 0.05) is 24.9 Å². The number of aromatic nitrogens is 1. The van der Waals surface area contributed by atoms with Gasteiger partial charge in [-0.25, -0.2) is 4.79 Å². The number of aromatic amines is 1. The second-order valence-corrected chi connectivity index (χ2v) is 7.07. The van der Waals surface area contributed by atoms with Gasteiger partial charge in [-0.3, -0.25) is 9.59 Å². The highest BCUT2D eigenvalue weighted by Crippen LogP contribution is 2.33. The molecule has 1 fully saturated rings. The molecule has 1 aliphatic heterocycles. The number of rotatable bonds is 7. The number of carbonyl (C=O) groups excluding carboxylic acids is 3. The van der Waals surface area contributed by atoms with E-state index in [1.807, 2.05) is 30.3 Å². The third-order valence-electron chi connectivity index (χ3n) is 4.84. The Kier molecular flexibility index (Phi) is 6.16. The highest BCUT2D eigenvalue weighted by molar-refractivity contribution is 6.07. The van der Waals surface area contributed by atoms with Crippen LogP contribution < -0.4 is 5.73 Å². The fraction of sp³-hybridized carbons (Fsp3) is 0.318. The highest BCUT2D eigenvalue weighted by Gasteiger charge is 2.36. The Balaban J connectivity index is 1.90. The molecule has 3 N–H and O–H groups in total. The predicted octanol–water partition coefficient (Wildman–Crippen LogP) is 2.75. The first-order valence-corrected chi connectivity index (χ1v) is 9.61. The van der Waals surface area contributed by atoms with Gasteiger partial charge in [0.25, 0.3) is 0 Å². The smallest absolute Gasteiger partial charge is 0.354 e. The van der Waals surface area contributed by atoms with Crippen LogP contribution in [0.5, 0.6) is 0 Å². The molecule has 0 bridgehead atoms. The van der Waals surface area contributed by atoms with Gasteiger partial charge in [0.05, 0.1) is 18.2 Å². The second-order valence-electron chi connectivity index (χ2n) is 7.07. The Hall–Kier alpha value is -3.35. The minimum atomic E-state index is -0.562. The van der Waals surface area contributed by atoms with Gasteiger partial charge in [0.15, 0.2) is 0 Å². The normalized spacial score (nSPS) is 16.9. The van der Waals surface area contributed by atoms with Crippen molar-refractivity contribution in [1.29, 1.82) is 0 Å². The predicted molar refractivity (Wildman–Crippen MR) is 108 cm³/mol. The van der Waals surface area contributed by atoms with Crippen LogP contribution in [0.25, 0.3) is 0 Å². The molecule has 0 spiro atoms. The molecule has 0 aliphatic carbocycles. The molecule has 1 amide bonds. The molecule has 0 radical (unpaired) electrons. The topological polar surface area (TPSA) is 105 Å². The van der Waals surface area contributed by atoms with E-state index in [1.165, 1.54) is 6.08 Å². The largest absolute Gasteiger partial charge is 0.461 e. The van der Waals surface area contributed by atoms with Crippen LogP contribution in [-0.2, 0) is 16.1 Å². The molecule has 7 nitrogen and oxygen atoms in total. The quantitative estimate of drug-likeness (QED) is 0.426. The number of H-pyrrole nitrogens is 1. The summed E-state index contributed by atoms with van der Waals surface area (Å²) < 4.78 is 5.03. The third-order valence-corrected chi connectivity index (χ3v) is 4.84. The Bertz CT molecular complexity index is 942. The maximum absolute atomic E-state index is 13.1. The summed E-state index contributed by atoms with van der Waals surface area (Å²) in [6.07, 6.45) is 1.85. The molecule has 1 unspecified atom stereocenters. The molecule has 29 heavy (non-hydrogen) atoms. The van der Waals surface area contributed by atoms with E-state index in [0.29, 0.717) is 30.8 Å². The lowest BCUT2D eigenvalue weighted by Crippen LogP contribution is -2.26. The van der Waals surface area contributed by atoms with Crippen LogP contribution in [-0.4, -0.2) is 40.7 Å². The Morgan fingerprint density at radius 3 is 2.69 bits per heavy atom. The maximum atomic E-state index is 13.1. The van der Waals surface area contributed by atoms with Gasteiger partial charge in [-0.2, -0.15) is 0 Å². The van der Waals surface area contributed by atoms with Crippen molar-refractivity contribution < 1.29 is 19.1 Å². The average Bonchev–Trinajstić information content (AvgIpc) is 3.27. The van der Waals surface area contributed by atoms with Gasteiger partial charge in [0.2, 0.25) is 11.7 Å². The second kappa shape index (κ2) is 8.77. The molecule has 3 rings (SSSR count). The van der Waals surface area contributed by atoms with E-state index in [4.69, 9.17) is 10.5 Å². The zero-order chi connectivity index (χ0) is 21.0. The molecule has 0 saturated carbocycles. The van der Waals surface area contributed by atoms with Crippen LogP contribution in [0.4, 0.5) is 0 Å². The summed E-state index contributed by atoms with van der Waals surface area (Å²) in [4.78, 5) is 42.5. The van der Waals surface area contributed by atoms with Crippen LogP contribution >= 0.6 is 0 Å². The van der Waals surface area contributed by atoms with Crippen LogP contribution in [0.1, 0.15) is 58.3 Å². The standard InChI is InChI=1S/C22H25N3O4/c1-3-29-22(28)18-12-17(20(24-18)19(26)11-14(2)23)16-9-10-25(21(16)27)13-15-7-5-4-6-8-15/h4-8,11-12,16,24H,3,9-10,13,23H2,1-2H3/b14-11+. The molecule has 1 aromatic heterocycles. The fourth-order valence-corrected chi connectivity index (χ4v) is 3.54. The first kappa shape index (κ1) is 20.4. The SMILES string of the molecule is CCOC(=O)c1cc(C2CCN(Cc3ccccc3)C2=O)c(C(=O)/C=C(\C)N)[nH]1. The Morgan fingerprint density at radius 2 is 2.03 bits per heavy atom. The number of nitrogens with two attached hydrogens (primary N) is 1. The van der Waals surface area contributed by atoms with Gasteiger partial charge in [-0.15, -0.1) is 0 Å². The summed E-state index contributed by atoms with van der Waals surface area (Å²) in [5, 5.41) is 0. The molecule has 1 atom stereocenters. The number of ether oxygens (including phenoxy) is 1. The number of nitrogens with zero attached hydrogens (tertiary/aromatic N) is 1. The summed E-state index contributed by atoms with van der Waals surface area (Å²) in [7, 11) is 0. The summed E-state index contributed by atoms with van der Waals surface area (Å²) in [5.74, 6) is -1.49. The molecule has 2 aromatic rings. The minimum Gasteiger partial charge on any atom is -0.461 e. The minimum absolute atomic E-state index is 0.0641. The third kappa shape index (κ3) is 4.56. The van der Waals surface area contributed by atoms with Crippen LogP contribution in [0.15, 0.2) is 48.2 Å². The number of allylic oxidation sites excluding steroid dienone is 2. The molecule has 2 heterocycles. The van der Waals surface area contributed by atoms with Crippen LogP contribution in [0.2, 0.25) is 0 Å². The molecule has 1 aliphatic rings. The summed E-state index contributed by atoms with van der Waals surface area (Å²) >= 11 is 0. The van der Waals surface area contributed by atoms with E-state index in [9.17, 15) is 14.4 Å². The number of ketones is 1. The molecular weight excluding hydrogens is 370 g/mol. The van der Waals surface area contributed by atoms with Crippen molar-refractivity contribution in [2.45, 2.75) is 32.7 Å². The van der Waals surface area contributed by atoms with Crippen LogP contribution in [0.3, 0.4) is 0 Å². The van der Waals surface area contributed by atoms with E-state index in [2.05, 4.69) is 4.98 Å². The Morgan fingerprint density at radius 1 is 1.31 bits per heavy atom. The maximum Gasteiger partial charge on any atom is 0.354 e. The van der Waals surface area contributed by atoms with Crippen molar-refractivity contribution in [1.82, 2.24) is 9.88 Å². The number of hydrogen-bond donors (Lipinski definition) is 2. The lowest BCUT2D eigenvalue weighted by Gasteiger charge is -2.17. The molecular formula is C22H25N3O4. The zero-order valence-corrected chi connectivity index (χ0v) is 16.6. The molecule has 7 heteroatoms. The van der Waals surface area contributed by atoms with Crippen molar-refractivity contribution in [3.63, 3.8) is 0 Å². The summed E-state index contributed by atoms with van der Waals surface area (Å²) in [6.45, 7) is 4.62. The first-order chi connectivity index (χ1) is 13.9. The van der Waals surface area contributed by atoms with Gasteiger partial charge in [-0.05, 0) is 37.5 Å². The van der Waals surface area contributed by atoms with Gasteiger partial charge < -0.3 is 20.4 Å². The Labute approximate surface area is 169 Å². The molecule has 152 valence electrons. The fourth-order valence-electron chi connectivity index (χ4n) is 3.54. The molecule has 1 saturated heterocycles. The average molecular weight is 395 g/mol. The van der Waals surface area contributed by atoms with Gasteiger partial charge in [0.1, 0.15) is 5.69 Å². The van der Waals surface area contributed by atoms with E-state index < -0.39 is 11.9 Å². The van der Waals surface area contributed by atoms with Crippen molar-refractivity contribution >= 4 is 17.7 Å². The van der Waals surface area contributed by atoms with Gasteiger partial charge >= 0.3 is 5.97 Å². The van der Waals surface area contributed by atoms with E-state index >= 15 is 0 Å². The van der Waals surface area contributed by atoms with Crippen molar-refractivity contribution in [3.05, 3.63) is 70.7 Å². The van der Waals surface area contributed by atoms with Gasteiger partial charge in [-0.1, -0.05) is 30.3 Å². The van der Waals surface area contributed by atoms with Crippen molar-refractivity contribution in [3.8, 4) is 0 Å². The monoisotopic (exact) mass is 395 g/mol. The summed E-state index contributed by atoms with van der Waals surface area (Å²) in [6, 6.07) is 11.3. The van der Waals surface area contributed by atoms with Crippen molar-refractivity contribution in [2.24, 2.45) is 5.73 Å². The molecule has 1 aromatic carbocycles. The number of esters is 1. The first-order valence-electron chi connectivity index (χ1n) is 9.61. The number of likely N-dealkylation sites (tertiary alicyclic amines) is 1.